The van der Waals surface area contributed by atoms with Crippen LogP contribution in [0.1, 0.15) is 23.2 Å². The van der Waals surface area contributed by atoms with Crippen LogP contribution in [-0.4, -0.2) is 37.0 Å². The van der Waals surface area contributed by atoms with Crippen molar-refractivity contribution in [3.8, 4) is 0 Å². The van der Waals surface area contributed by atoms with E-state index in [2.05, 4.69) is 22.6 Å². The SMILES string of the molecule is COC(=O)C1CCN(C(=O)c2csc(I)c2)CC1. The Kier molecular flexibility index (Phi) is 4.60. The standard InChI is InChI=1S/C12H14INO3S/c1-17-12(16)8-2-4-14(5-3-8)11(15)9-6-10(13)18-7-9/h6-8H,2-5H2,1H3. The van der Waals surface area contributed by atoms with Crippen molar-refractivity contribution in [2.24, 2.45) is 5.92 Å². The van der Waals surface area contributed by atoms with Gasteiger partial charge in [0.15, 0.2) is 0 Å². The highest BCUT2D eigenvalue weighted by atomic mass is 127. The number of carbonyl (C=O) groups excluding carboxylic acids is 2. The van der Waals surface area contributed by atoms with Crippen molar-refractivity contribution in [1.82, 2.24) is 4.90 Å². The first-order valence-corrected chi connectivity index (χ1v) is 7.69. The molecule has 98 valence electrons. The maximum Gasteiger partial charge on any atom is 0.308 e. The molecule has 18 heavy (non-hydrogen) atoms. The van der Waals surface area contributed by atoms with Crippen LogP contribution in [0.2, 0.25) is 0 Å². The molecule has 0 radical (unpaired) electrons. The number of hydrogen-bond donors (Lipinski definition) is 0. The minimum atomic E-state index is -0.160. The number of likely N-dealkylation sites (tertiary alicyclic amines) is 1. The molecule has 0 atom stereocenters. The fourth-order valence-corrected chi connectivity index (χ4v) is 3.41. The van der Waals surface area contributed by atoms with Gasteiger partial charge in [-0.15, -0.1) is 11.3 Å². The Bertz CT molecular complexity index is 452. The van der Waals surface area contributed by atoms with Crippen molar-refractivity contribution >= 4 is 45.8 Å². The Hall–Kier alpha value is -0.630. The molecule has 0 bridgehead atoms. The Morgan fingerprint density at radius 2 is 2.11 bits per heavy atom. The quantitative estimate of drug-likeness (QED) is 0.586. The highest BCUT2D eigenvalue weighted by Crippen LogP contribution is 2.22. The smallest absolute Gasteiger partial charge is 0.308 e. The highest BCUT2D eigenvalue weighted by Gasteiger charge is 2.28. The maximum atomic E-state index is 12.2. The van der Waals surface area contributed by atoms with Gasteiger partial charge in [-0.25, -0.2) is 0 Å². The minimum Gasteiger partial charge on any atom is -0.469 e. The fraction of sp³-hybridized carbons (Fsp3) is 0.500. The molecular weight excluding hydrogens is 365 g/mol. The zero-order chi connectivity index (χ0) is 13.1. The van der Waals surface area contributed by atoms with Crippen molar-refractivity contribution < 1.29 is 14.3 Å². The Balaban J connectivity index is 1.94. The second-order valence-corrected chi connectivity index (χ2v) is 7.03. The molecule has 2 heterocycles. The average Bonchev–Trinajstić information content (AvgIpc) is 2.84. The van der Waals surface area contributed by atoms with E-state index in [9.17, 15) is 9.59 Å². The third-order valence-corrected chi connectivity index (χ3v) is 4.92. The van der Waals surface area contributed by atoms with Crippen LogP contribution in [0, 0.1) is 8.80 Å². The minimum absolute atomic E-state index is 0.0540. The lowest BCUT2D eigenvalue weighted by Gasteiger charge is -2.30. The topological polar surface area (TPSA) is 46.6 Å². The van der Waals surface area contributed by atoms with Crippen molar-refractivity contribution in [2.75, 3.05) is 20.2 Å². The van der Waals surface area contributed by atoms with Gasteiger partial charge in [-0.3, -0.25) is 9.59 Å². The number of ether oxygens (including phenoxy) is 1. The van der Waals surface area contributed by atoms with Gasteiger partial charge in [-0.1, -0.05) is 0 Å². The molecule has 6 heteroatoms. The van der Waals surface area contributed by atoms with Crippen LogP contribution in [-0.2, 0) is 9.53 Å². The number of amides is 1. The summed E-state index contributed by atoms with van der Waals surface area (Å²) in [5, 5.41) is 1.89. The molecule has 1 amide bonds. The summed E-state index contributed by atoms with van der Waals surface area (Å²) in [5.41, 5.74) is 0.751. The summed E-state index contributed by atoms with van der Waals surface area (Å²) in [6, 6.07) is 1.90. The van der Waals surface area contributed by atoms with Crippen molar-refractivity contribution in [1.29, 1.82) is 0 Å². The van der Waals surface area contributed by atoms with Gasteiger partial charge in [-0.2, -0.15) is 0 Å². The predicted octanol–water partition coefficient (Wildman–Crippen LogP) is 2.38. The molecule has 1 aliphatic heterocycles. The van der Waals surface area contributed by atoms with E-state index in [-0.39, 0.29) is 17.8 Å². The summed E-state index contributed by atoms with van der Waals surface area (Å²) >= 11 is 3.78. The first-order valence-electron chi connectivity index (χ1n) is 5.73. The van der Waals surface area contributed by atoms with Crippen molar-refractivity contribution in [3.63, 3.8) is 0 Å². The first kappa shape index (κ1) is 13.8. The Morgan fingerprint density at radius 3 is 2.61 bits per heavy atom. The maximum absolute atomic E-state index is 12.2. The number of nitrogens with zero attached hydrogens (tertiary/aromatic N) is 1. The zero-order valence-corrected chi connectivity index (χ0v) is 13.0. The van der Waals surface area contributed by atoms with Crippen LogP contribution in [0.15, 0.2) is 11.4 Å². The molecule has 0 aromatic carbocycles. The summed E-state index contributed by atoms with van der Waals surface area (Å²) in [7, 11) is 1.41. The normalized spacial score (nSPS) is 16.7. The summed E-state index contributed by atoms with van der Waals surface area (Å²) in [5.74, 6) is -0.147. The number of thiophene rings is 1. The molecule has 0 unspecified atom stereocenters. The lowest BCUT2D eigenvalue weighted by Crippen LogP contribution is -2.40. The second kappa shape index (κ2) is 6.01. The molecule has 4 nitrogen and oxygen atoms in total. The number of halogens is 1. The van der Waals surface area contributed by atoms with Crippen LogP contribution in [0.5, 0.6) is 0 Å². The number of esters is 1. The molecule has 1 aliphatic rings. The Labute approximate surface area is 123 Å². The molecule has 0 saturated carbocycles. The number of methoxy groups -OCH3 is 1. The van der Waals surface area contributed by atoms with E-state index in [4.69, 9.17) is 4.74 Å². The van der Waals surface area contributed by atoms with Crippen LogP contribution < -0.4 is 0 Å². The second-order valence-electron chi connectivity index (χ2n) is 4.23. The predicted molar refractivity (Wildman–Crippen MR) is 77.7 cm³/mol. The lowest BCUT2D eigenvalue weighted by molar-refractivity contribution is -0.146. The first-order chi connectivity index (χ1) is 8.61. The average molecular weight is 379 g/mol. The summed E-state index contributed by atoms with van der Waals surface area (Å²) in [6.07, 6.45) is 1.39. The number of rotatable bonds is 2. The van der Waals surface area contributed by atoms with Crippen molar-refractivity contribution in [3.05, 3.63) is 19.9 Å². The monoisotopic (exact) mass is 379 g/mol. The van der Waals surface area contributed by atoms with E-state index in [0.29, 0.717) is 25.9 Å². The van der Waals surface area contributed by atoms with E-state index in [1.807, 2.05) is 16.3 Å². The van der Waals surface area contributed by atoms with Crippen LogP contribution in [0.4, 0.5) is 0 Å². The summed E-state index contributed by atoms with van der Waals surface area (Å²) in [6.45, 7) is 1.26. The van der Waals surface area contributed by atoms with Gasteiger partial charge in [0, 0.05) is 18.5 Å². The summed E-state index contributed by atoms with van der Waals surface area (Å²) in [4.78, 5) is 25.4. The molecule has 1 aromatic heterocycles. The van der Waals surface area contributed by atoms with E-state index >= 15 is 0 Å². The van der Waals surface area contributed by atoms with Gasteiger partial charge in [0.2, 0.25) is 0 Å². The van der Waals surface area contributed by atoms with Crippen LogP contribution in [0.25, 0.3) is 0 Å². The highest BCUT2D eigenvalue weighted by molar-refractivity contribution is 14.1. The molecular formula is C12H14INO3S. The largest absolute Gasteiger partial charge is 0.469 e. The van der Waals surface area contributed by atoms with Crippen LogP contribution >= 0.6 is 33.9 Å². The van der Waals surface area contributed by atoms with Crippen LogP contribution in [0.3, 0.4) is 0 Å². The molecule has 1 aromatic rings. The number of piperidine rings is 1. The van der Waals surface area contributed by atoms with E-state index in [1.165, 1.54) is 7.11 Å². The van der Waals surface area contributed by atoms with Gasteiger partial charge in [0.25, 0.3) is 5.91 Å². The number of carbonyl (C=O) groups is 2. The third kappa shape index (κ3) is 3.03. The molecule has 2 rings (SSSR count). The van der Waals surface area contributed by atoms with Crippen molar-refractivity contribution in [2.45, 2.75) is 12.8 Å². The van der Waals surface area contributed by atoms with Gasteiger partial charge < -0.3 is 9.64 Å². The molecule has 0 spiro atoms. The number of hydrogen-bond acceptors (Lipinski definition) is 4. The van der Waals surface area contributed by atoms with Gasteiger partial charge in [0.1, 0.15) is 0 Å². The fourth-order valence-electron chi connectivity index (χ4n) is 2.09. The van der Waals surface area contributed by atoms with Gasteiger partial charge in [0.05, 0.1) is 21.5 Å². The molecule has 0 aliphatic carbocycles. The Morgan fingerprint density at radius 1 is 1.44 bits per heavy atom. The van der Waals surface area contributed by atoms with Gasteiger partial charge >= 0.3 is 5.97 Å². The lowest BCUT2D eigenvalue weighted by atomic mass is 9.97. The molecule has 1 fully saturated rings. The van der Waals surface area contributed by atoms with E-state index in [0.717, 1.165) is 8.45 Å². The zero-order valence-electron chi connectivity index (χ0n) is 10.0. The van der Waals surface area contributed by atoms with Gasteiger partial charge in [-0.05, 0) is 41.5 Å². The molecule has 0 N–H and O–H groups in total. The van der Waals surface area contributed by atoms with E-state index in [1.54, 1.807) is 11.3 Å². The van der Waals surface area contributed by atoms with E-state index < -0.39 is 0 Å². The summed E-state index contributed by atoms with van der Waals surface area (Å²) < 4.78 is 5.84. The molecule has 1 saturated heterocycles. The third-order valence-electron chi connectivity index (χ3n) is 3.13.